The zero-order chi connectivity index (χ0) is 14.0. The molecule has 0 aliphatic rings. The Bertz CT molecular complexity index is 626. The Kier molecular flexibility index (Phi) is 3.57. The molecule has 0 radical (unpaired) electrons. The molecule has 3 nitrogen and oxygen atoms in total. The molecule has 0 aliphatic heterocycles. The minimum atomic E-state index is -1.95. The third-order valence-electron chi connectivity index (χ3n) is 2.69. The minimum absolute atomic E-state index is 0.0392. The van der Waals surface area contributed by atoms with Gasteiger partial charge in [0.1, 0.15) is 11.6 Å². The van der Waals surface area contributed by atoms with Gasteiger partial charge in [-0.15, -0.1) is 0 Å². The number of carboxylic acids is 1. The summed E-state index contributed by atoms with van der Waals surface area (Å²) in [5.74, 6) is -2.95. The van der Waals surface area contributed by atoms with E-state index in [4.69, 9.17) is 5.11 Å². The van der Waals surface area contributed by atoms with Crippen molar-refractivity contribution in [3.8, 4) is 11.1 Å². The molecule has 19 heavy (non-hydrogen) atoms. The number of aliphatic carboxylic acids is 1. The van der Waals surface area contributed by atoms with Crippen LogP contribution in [0.25, 0.3) is 11.1 Å². The van der Waals surface area contributed by atoms with Gasteiger partial charge in [-0.3, -0.25) is 0 Å². The Hall–Kier alpha value is -2.27. The van der Waals surface area contributed by atoms with E-state index in [1.54, 1.807) is 0 Å². The summed E-state index contributed by atoms with van der Waals surface area (Å²) in [7, 11) is 0. The van der Waals surface area contributed by atoms with Crippen LogP contribution >= 0.6 is 0 Å². The molecule has 0 saturated carbocycles. The maximum atomic E-state index is 14.2. The molecule has 98 valence electrons. The zero-order valence-electron chi connectivity index (χ0n) is 9.68. The molecule has 0 bridgehead atoms. The SMILES string of the molecule is O=C(O)C(O)c1cccc(-c2cccc(F)c2)c1F. The monoisotopic (exact) mass is 264 g/mol. The lowest BCUT2D eigenvalue weighted by Crippen LogP contribution is -2.12. The molecule has 2 rings (SSSR count). The van der Waals surface area contributed by atoms with Gasteiger partial charge in [-0.25, -0.2) is 13.6 Å². The average Bonchev–Trinajstić information content (AvgIpc) is 2.38. The molecule has 1 atom stereocenters. The molecule has 0 spiro atoms. The molecule has 0 aromatic heterocycles. The number of aliphatic hydroxyl groups is 1. The van der Waals surface area contributed by atoms with Gasteiger partial charge >= 0.3 is 5.97 Å². The van der Waals surface area contributed by atoms with Gasteiger partial charge in [0, 0.05) is 11.1 Å². The van der Waals surface area contributed by atoms with Crippen molar-refractivity contribution in [3.05, 3.63) is 59.7 Å². The maximum Gasteiger partial charge on any atom is 0.337 e. The van der Waals surface area contributed by atoms with Gasteiger partial charge in [-0.2, -0.15) is 0 Å². The van der Waals surface area contributed by atoms with E-state index in [0.717, 1.165) is 6.07 Å². The molecular weight excluding hydrogens is 254 g/mol. The van der Waals surface area contributed by atoms with Crippen LogP contribution in [0.2, 0.25) is 0 Å². The van der Waals surface area contributed by atoms with E-state index in [1.165, 1.54) is 36.4 Å². The number of hydrogen-bond acceptors (Lipinski definition) is 2. The van der Waals surface area contributed by atoms with E-state index in [-0.39, 0.29) is 16.7 Å². The Morgan fingerprint density at radius 3 is 2.42 bits per heavy atom. The van der Waals surface area contributed by atoms with Crippen LogP contribution in [0.1, 0.15) is 11.7 Å². The molecule has 2 N–H and O–H groups in total. The van der Waals surface area contributed by atoms with Crippen molar-refractivity contribution < 1.29 is 23.8 Å². The molecule has 0 saturated heterocycles. The van der Waals surface area contributed by atoms with Crippen LogP contribution in [0.4, 0.5) is 8.78 Å². The lowest BCUT2D eigenvalue weighted by atomic mass is 9.99. The van der Waals surface area contributed by atoms with Gasteiger partial charge < -0.3 is 10.2 Å². The number of carbonyl (C=O) groups is 1. The highest BCUT2D eigenvalue weighted by Gasteiger charge is 2.22. The summed E-state index contributed by atoms with van der Waals surface area (Å²) >= 11 is 0. The number of carboxylic acid groups (broad SMARTS) is 1. The third-order valence-corrected chi connectivity index (χ3v) is 2.69. The molecule has 0 heterocycles. The van der Waals surface area contributed by atoms with Crippen LogP contribution in [0.5, 0.6) is 0 Å². The van der Waals surface area contributed by atoms with Gasteiger partial charge in [0.15, 0.2) is 6.10 Å². The number of halogens is 2. The Balaban J connectivity index is 2.54. The van der Waals surface area contributed by atoms with Crippen molar-refractivity contribution in [3.63, 3.8) is 0 Å². The topological polar surface area (TPSA) is 57.5 Å². The van der Waals surface area contributed by atoms with Crippen LogP contribution in [0, 0.1) is 11.6 Å². The Morgan fingerprint density at radius 2 is 1.79 bits per heavy atom. The quantitative estimate of drug-likeness (QED) is 0.896. The summed E-state index contributed by atoms with van der Waals surface area (Å²) in [4.78, 5) is 10.7. The van der Waals surface area contributed by atoms with E-state index in [2.05, 4.69) is 0 Å². The number of hydrogen-bond donors (Lipinski definition) is 2. The van der Waals surface area contributed by atoms with Crippen LogP contribution in [-0.2, 0) is 4.79 Å². The normalized spacial score (nSPS) is 12.2. The number of rotatable bonds is 3. The van der Waals surface area contributed by atoms with Crippen LogP contribution in [-0.4, -0.2) is 16.2 Å². The maximum absolute atomic E-state index is 14.2. The summed E-state index contributed by atoms with van der Waals surface area (Å²) in [5.41, 5.74) is -0.0384. The predicted octanol–water partition coefficient (Wildman–Crippen LogP) is 2.75. The van der Waals surface area contributed by atoms with Crippen molar-refractivity contribution >= 4 is 5.97 Å². The summed E-state index contributed by atoms with van der Waals surface area (Å²) in [6, 6.07) is 9.25. The highest BCUT2D eigenvalue weighted by atomic mass is 19.1. The predicted molar refractivity (Wildman–Crippen MR) is 64.4 cm³/mol. The van der Waals surface area contributed by atoms with Crippen molar-refractivity contribution in [2.24, 2.45) is 0 Å². The van der Waals surface area contributed by atoms with E-state index in [1.807, 2.05) is 0 Å². The second-order valence-corrected chi connectivity index (χ2v) is 3.96. The van der Waals surface area contributed by atoms with Crippen LogP contribution in [0.15, 0.2) is 42.5 Å². The summed E-state index contributed by atoms with van der Waals surface area (Å²) in [5, 5.41) is 18.1. The second kappa shape index (κ2) is 5.16. The molecular formula is C14H10F2O3. The van der Waals surface area contributed by atoms with Crippen molar-refractivity contribution in [2.45, 2.75) is 6.10 Å². The second-order valence-electron chi connectivity index (χ2n) is 3.96. The van der Waals surface area contributed by atoms with E-state index in [0.29, 0.717) is 0 Å². The highest BCUT2D eigenvalue weighted by molar-refractivity contribution is 5.75. The molecule has 2 aromatic carbocycles. The van der Waals surface area contributed by atoms with Crippen molar-refractivity contribution in [2.75, 3.05) is 0 Å². The van der Waals surface area contributed by atoms with Gasteiger partial charge in [0.05, 0.1) is 0 Å². The van der Waals surface area contributed by atoms with E-state index >= 15 is 0 Å². The first kappa shape index (κ1) is 13.2. The smallest absolute Gasteiger partial charge is 0.337 e. The fraction of sp³-hybridized carbons (Fsp3) is 0.0714. The highest BCUT2D eigenvalue weighted by Crippen LogP contribution is 2.28. The van der Waals surface area contributed by atoms with E-state index in [9.17, 15) is 18.7 Å². The minimum Gasteiger partial charge on any atom is -0.479 e. The largest absolute Gasteiger partial charge is 0.479 e. The summed E-state index contributed by atoms with van der Waals surface area (Å²) in [6.45, 7) is 0. The lowest BCUT2D eigenvalue weighted by Gasteiger charge is -2.11. The average molecular weight is 264 g/mol. The number of aliphatic hydroxyl groups excluding tert-OH is 1. The first-order valence-corrected chi connectivity index (χ1v) is 5.46. The zero-order valence-corrected chi connectivity index (χ0v) is 9.68. The standard InChI is InChI=1S/C14H10F2O3/c15-9-4-1-3-8(7-9)10-5-2-6-11(12(10)16)13(17)14(18)19/h1-7,13,17H,(H,18,19). The Labute approximate surface area is 107 Å². The first-order chi connectivity index (χ1) is 9.00. The summed E-state index contributed by atoms with van der Waals surface area (Å²) in [6.07, 6.45) is -1.95. The molecule has 0 fully saturated rings. The van der Waals surface area contributed by atoms with E-state index < -0.39 is 23.7 Å². The first-order valence-electron chi connectivity index (χ1n) is 5.46. The molecule has 0 amide bonds. The van der Waals surface area contributed by atoms with Crippen molar-refractivity contribution in [1.82, 2.24) is 0 Å². The van der Waals surface area contributed by atoms with Gasteiger partial charge in [-0.05, 0) is 17.7 Å². The molecule has 2 aromatic rings. The molecule has 0 aliphatic carbocycles. The fourth-order valence-electron chi connectivity index (χ4n) is 1.77. The van der Waals surface area contributed by atoms with Crippen LogP contribution < -0.4 is 0 Å². The number of benzene rings is 2. The van der Waals surface area contributed by atoms with Crippen LogP contribution in [0.3, 0.4) is 0 Å². The fourth-order valence-corrected chi connectivity index (χ4v) is 1.77. The van der Waals surface area contributed by atoms with Gasteiger partial charge in [-0.1, -0.05) is 30.3 Å². The Morgan fingerprint density at radius 1 is 1.11 bits per heavy atom. The molecule has 1 unspecified atom stereocenters. The van der Waals surface area contributed by atoms with Crippen molar-refractivity contribution in [1.29, 1.82) is 0 Å². The third kappa shape index (κ3) is 2.61. The van der Waals surface area contributed by atoms with Gasteiger partial charge in [0.2, 0.25) is 0 Å². The summed E-state index contributed by atoms with van der Waals surface area (Å²) < 4.78 is 27.3. The lowest BCUT2D eigenvalue weighted by molar-refractivity contribution is -0.147. The van der Waals surface area contributed by atoms with Gasteiger partial charge in [0.25, 0.3) is 0 Å². The molecule has 5 heteroatoms.